The van der Waals surface area contributed by atoms with Crippen molar-refractivity contribution in [3.8, 4) is 11.8 Å². The third-order valence-electron chi connectivity index (χ3n) is 10.8. The molecule has 1 unspecified atom stereocenters. The zero-order valence-corrected chi connectivity index (χ0v) is 34.8. The molecule has 3 rings (SSSR count). The number of esters is 1. The lowest BCUT2D eigenvalue weighted by molar-refractivity contribution is -0.140. The molecule has 48 heavy (non-hydrogen) atoms. The van der Waals surface area contributed by atoms with E-state index in [0.717, 1.165) is 23.3 Å². The number of fused-ring (bicyclic) bond motifs is 1. The molecular formula is C39H59ClO5SSi2. The average molecular weight is 732 g/mol. The van der Waals surface area contributed by atoms with Crippen LogP contribution in [0.5, 0.6) is 0 Å². The number of benzene rings is 1. The highest BCUT2D eigenvalue weighted by Gasteiger charge is 2.44. The number of allylic oxidation sites excluding steroid dienone is 1. The number of Topliss-reactive ketones (excluding diaryl/α,β-unsaturated/α-hetero) is 1. The second-order valence-electron chi connectivity index (χ2n) is 16.3. The molecule has 1 fully saturated rings. The molecule has 1 aromatic heterocycles. The van der Waals surface area contributed by atoms with E-state index in [1.807, 2.05) is 6.07 Å². The third kappa shape index (κ3) is 10.9. The molecular weight excluding hydrogens is 672 g/mol. The molecule has 4 atom stereocenters. The Morgan fingerprint density at radius 1 is 1.06 bits per heavy atom. The van der Waals surface area contributed by atoms with Crippen molar-refractivity contribution in [2.45, 2.75) is 129 Å². The summed E-state index contributed by atoms with van der Waals surface area (Å²) in [6, 6.07) is 8.31. The Kier molecular flexibility index (Phi) is 14.4. The van der Waals surface area contributed by atoms with Gasteiger partial charge in [-0.15, -0.1) is 23.2 Å². The first-order valence-corrected chi connectivity index (χ1v) is 24.5. The van der Waals surface area contributed by atoms with Crippen molar-refractivity contribution < 1.29 is 23.2 Å². The van der Waals surface area contributed by atoms with E-state index in [2.05, 4.69) is 110 Å². The Bertz CT molecular complexity index is 1490. The van der Waals surface area contributed by atoms with E-state index in [-0.39, 0.29) is 45.7 Å². The van der Waals surface area contributed by atoms with E-state index in [9.17, 15) is 9.59 Å². The second kappa shape index (κ2) is 17.0. The van der Waals surface area contributed by atoms with Crippen molar-refractivity contribution in [1.82, 2.24) is 0 Å². The van der Waals surface area contributed by atoms with Crippen LogP contribution in [-0.2, 0) is 29.6 Å². The number of unbranched alkanes of at least 4 members (excludes halogenated alkanes) is 1. The normalized spacial score (nSPS) is 19.9. The topological polar surface area (TPSA) is 61.8 Å². The Morgan fingerprint density at radius 2 is 1.73 bits per heavy atom. The van der Waals surface area contributed by atoms with Gasteiger partial charge in [0.25, 0.3) is 0 Å². The maximum Gasteiger partial charge on any atom is 0.305 e. The van der Waals surface area contributed by atoms with Crippen LogP contribution >= 0.6 is 22.9 Å². The zero-order valence-electron chi connectivity index (χ0n) is 31.3. The minimum atomic E-state index is -2.10. The number of halogens is 1. The molecule has 1 aliphatic carbocycles. The highest BCUT2D eigenvalue weighted by atomic mass is 35.5. The summed E-state index contributed by atoms with van der Waals surface area (Å²) in [5.74, 6) is 6.45. The van der Waals surface area contributed by atoms with Crippen LogP contribution in [0.3, 0.4) is 0 Å². The number of hydrogen-bond acceptors (Lipinski definition) is 6. The van der Waals surface area contributed by atoms with Crippen LogP contribution in [-0.4, -0.2) is 48.2 Å². The molecule has 0 radical (unpaired) electrons. The van der Waals surface area contributed by atoms with Gasteiger partial charge in [-0.05, 0) is 73.4 Å². The SMILES string of the molecule is COC(=O)CCCC#CC[C@H]1C(=O)C[C@@H](CO[Si](C)(C)C(C)(C)C)[C@@H]1/C=C/C(CCc1sc2ccccc2c1Cl)O[Si](C)(C)C(C)(C)C. The molecule has 0 amide bonds. The Labute approximate surface area is 301 Å². The fourth-order valence-corrected chi connectivity index (χ4v) is 9.44. The van der Waals surface area contributed by atoms with Crippen molar-refractivity contribution in [2.24, 2.45) is 17.8 Å². The van der Waals surface area contributed by atoms with Gasteiger partial charge >= 0.3 is 5.97 Å². The Hall–Kier alpha value is -1.74. The summed E-state index contributed by atoms with van der Waals surface area (Å²) in [7, 11) is -2.70. The van der Waals surface area contributed by atoms with Crippen molar-refractivity contribution >= 4 is 61.4 Å². The standard InChI is InChI=1S/C39H59ClO5SSi2/c1-38(2,3)47(8,9)44-27-28-26-33(41)31(18-14-12-13-15-21-36(42)43-7)30(28)24-22-29(45-48(10,11)39(4,5)6)23-25-35-37(40)32-19-16-17-20-34(32)46-35/h16-17,19-20,22,24,28-31H,13,15,18,21,23,25-27H2,1-11H3/b24-22+/t28-,29?,30-,31+/m0/s1. The third-order valence-corrected chi connectivity index (χ3v) is 21.5. The van der Waals surface area contributed by atoms with E-state index in [1.54, 1.807) is 11.3 Å². The van der Waals surface area contributed by atoms with Gasteiger partial charge in [0.15, 0.2) is 16.6 Å². The summed E-state index contributed by atoms with van der Waals surface area (Å²) in [5.41, 5.74) is 0. The predicted molar refractivity (Wildman–Crippen MR) is 208 cm³/mol. The van der Waals surface area contributed by atoms with Crippen LogP contribution in [0.2, 0.25) is 41.3 Å². The summed E-state index contributed by atoms with van der Waals surface area (Å²) in [4.78, 5) is 26.2. The van der Waals surface area contributed by atoms with E-state index in [4.69, 9.17) is 25.2 Å². The number of ketones is 1. The minimum Gasteiger partial charge on any atom is -0.469 e. The van der Waals surface area contributed by atoms with Gasteiger partial charge in [-0.2, -0.15) is 0 Å². The number of hydrogen-bond donors (Lipinski definition) is 0. The Balaban J connectivity index is 1.88. The lowest BCUT2D eigenvalue weighted by atomic mass is 9.86. The van der Waals surface area contributed by atoms with E-state index < -0.39 is 16.6 Å². The molecule has 0 aliphatic heterocycles. The molecule has 0 saturated heterocycles. The van der Waals surface area contributed by atoms with Crippen molar-refractivity contribution in [2.75, 3.05) is 13.7 Å². The van der Waals surface area contributed by atoms with Gasteiger partial charge in [0, 0.05) is 53.2 Å². The Morgan fingerprint density at radius 3 is 2.35 bits per heavy atom. The van der Waals surface area contributed by atoms with Gasteiger partial charge in [0.2, 0.25) is 0 Å². The molecule has 1 heterocycles. The molecule has 2 aromatic rings. The number of carbonyl (C=O) groups is 2. The van der Waals surface area contributed by atoms with E-state index in [0.29, 0.717) is 38.7 Å². The van der Waals surface area contributed by atoms with Crippen LogP contribution in [0.15, 0.2) is 36.4 Å². The lowest BCUT2D eigenvalue weighted by Crippen LogP contribution is -2.43. The fourth-order valence-electron chi connectivity index (χ4n) is 5.53. The van der Waals surface area contributed by atoms with Gasteiger partial charge in [0.1, 0.15) is 5.78 Å². The second-order valence-corrected chi connectivity index (χ2v) is 27.4. The smallest absolute Gasteiger partial charge is 0.305 e. The monoisotopic (exact) mass is 730 g/mol. The fraction of sp³-hybridized carbons (Fsp3) is 0.641. The molecule has 1 aromatic carbocycles. The number of ether oxygens (including phenoxy) is 1. The molecule has 9 heteroatoms. The molecule has 0 spiro atoms. The molecule has 0 N–H and O–H groups in total. The van der Waals surface area contributed by atoms with Crippen LogP contribution in [0.4, 0.5) is 0 Å². The van der Waals surface area contributed by atoms with E-state index >= 15 is 0 Å². The van der Waals surface area contributed by atoms with Gasteiger partial charge in [-0.3, -0.25) is 9.59 Å². The van der Waals surface area contributed by atoms with E-state index in [1.165, 1.54) is 16.7 Å². The summed E-state index contributed by atoms with van der Waals surface area (Å²) in [6.45, 7) is 23.3. The number of rotatable bonds is 14. The number of methoxy groups -OCH3 is 1. The lowest BCUT2D eigenvalue weighted by Gasteiger charge is -2.39. The molecule has 5 nitrogen and oxygen atoms in total. The molecule has 0 bridgehead atoms. The average Bonchev–Trinajstić information content (AvgIpc) is 3.48. The summed E-state index contributed by atoms with van der Waals surface area (Å²) < 4.78 is 19.7. The van der Waals surface area contributed by atoms with Gasteiger partial charge < -0.3 is 13.6 Å². The summed E-state index contributed by atoms with van der Waals surface area (Å²) in [6.07, 6.45) is 8.66. The molecule has 1 saturated carbocycles. The first kappa shape index (κ1) is 40.7. The van der Waals surface area contributed by atoms with Crippen LogP contribution in [0.1, 0.15) is 84.9 Å². The van der Waals surface area contributed by atoms with Crippen molar-refractivity contribution in [1.29, 1.82) is 0 Å². The van der Waals surface area contributed by atoms with Crippen LogP contribution in [0.25, 0.3) is 10.1 Å². The predicted octanol–water partition coefficient (Wildman–Crippen LogP) is 11.0. The first-order chi connectivity index (χ1) is 22.3. The van der Waals surface area contributed by atoms with Crippen molar-refractivity contribution in [3.63, 3.8) is 0 Å². The maximum atomic E-state index is 13.6. The quantitative estimate of drug-likeness (QED) is 0.0637. The maximum absolute atomic E-state index is 13.6. The van der Waals surface area contributed by atoms with Gasteiger partial charge in [-0.25, -0.2) is 0 Å². The van der Waals surface area contributed by atoms with Gasteiger partial charge in [0.05, 0.1) is 18.2 Å². The number of aryl methyl sites for hydroxylation is 1. The van der Waals surface area contributed by atoms with Crippen LogP contribution in [0, 0.1) is 29.6 Å². The van der Waals surface area contributed by atoms with Crippen LogP contribution < -0.4 is 0 Å². The summed E-state index contributed by atoms with van der Waals surface area (Å²) in [5, 5.41) is 2.11. The zero-order chi connectivity index (χ0) is 35.9. The van der Waals surface area contributed by atoms with Gasteiger partial charge in [-0.1, -0.05) is 83.5 Å². The summed E-state index contributed by atoms with van der Waals surface area (Å²) >= 11 is 8.63. The largest absolute Gasteiger partial charge is 0.469 e. The number of thiophene rings is 1. The first-order valence-electron chi connectivity index (χ1n) is 17.5. The van der Waals surface area contributed by atoms with Crippen molar-refractivity contribution in [3.05, 3.63) is 46.3 Å². The highest BCUT2D eigenvalue weighted by Crippen LogP contribution is 2.43. The number of carbonyl (C=O) groups excluding carboxylic acids is 2. The molecule has 1 aliphatic rings. The highest BCUT2D eigenvalue weighted by molar-refractivity contribution is 7.19. The molecule has 266 valence electrons. The minimum absolute atomic E-state index is 0.0186.